The molecule has 1 N–H and O–H groups in total. The van der Waals surface area contributed by atoms with Gasteiger partial charge in [0.15, 0.2) is 0 Å². The molecule has 1 rings (SSSR count). The van der Waals surface area contributed by atoms with Crippen LogP contribution in [0.1, 0.15) is 45.4 Å². The molecule has 0 saturated heterocycles. The van der Waals surface area contributed by atoms with E-state index in [1.54, 1.807) is 0 Å². The number of methoxy groups -OCH3 is 2. The first-order valence-electron chi connectivity index (χ1n) is 6.70. The summed E-state index contributed by atoms with van der Waals surface area (Å²) in [7, 11) is 2.62. The first kappa shape index (κ1) is 15.5. The molecule has 0 spiro atoms. The zero-order valence-electron chi connectivity index (χ0n) is 12.0. The Bertz CT molecular complexity index is 356. The standard InChI is InChI=1S/C14H23NO4/c1-10(15-11-7-5-4-6-8-11)12(14(17)19-3)9-13(16)18-2/h11,15H,4-9H2,1-3H3/b12-10+. The van der Waals surface area contributed by atoms with Crippen LogP contribution in [0, 0.1) is 0 Å². The minimum atomic E-state index is -0.480. The quantitative estimate of drug-likeness (QED) is 0.610. The summed E-state index contributed by atoms with van der Waals surface area (Å²) in [6.07, 6.45) is 5.82. The van der Waals surface area contributed by atoms with Gasteiger partial charge in [-0.25, -0.2) is 4.79 Å². The molecule has 19 heavy (non-hydrogen) atoms. The fourth-order valence-electron chi connectivity index (χ4n) is 2.34. The number of rotatable bonds is 5. The molecule has 0 radical (unpaired) electrons. The van der Waals surface area contributed by atoms with E-state index in [0.717, 1.165) is 12.8 Å². The highest BCUT2D eigenvalue weighted by atomic mass is 16.5. The second-order valence-electron chi connectivity index (χ2n) is 4.83. The molecule has 1 aliphatic rings. The summed E-state index contributed by atoms with van der Waals surface area (Å²) in [4.78, 5) is 23.1. The number of nitrogens with one attached hydrogen (secondary N) is 1. The molecule has 0 bridgehead atoms. The molecular weight excluding hydrogens is 246 g/mol. The van der Waals surface area contributed by atoms with Gasteiger partial charge in [0, 0.05) is 11.7 Å². The third kappa shape index (κ3) is 4.93. The van der Waals surface area contributed by atoms with Gasteiger partial charge in [-0.1, -0.05) is 19.3 Å². The molecule has 1 saturated carbocycles. The maximum atomic E-state index is 11.7. The maximum absolute atomic E-state index is 11.7. The van der Waals surface area contributed by atoms with Crippen LogP contribution < -0.4 is 5.32 Å². The van der Waals surface area contributed by atoms with Crippen LogP contribution in [0.2, 0.25) is 0 Å². The van der Waals surface area contributed by atoms with Crippen LogP contribution in [0.25, 0.3) is 0 Å². The molecule has 0 heterocycles. The number of hydrogen-bond donors (Lipinski definition) is 1. The van der Waals surface area contributed by atoms with Gasteiger partial charge in [-0.15, -0.1) is 0 Å². The highest BCUT2D eigenvalue weighted by Crippen LogP contribution is 2.20. The van der Waals surface area contributed by atoms with E-state index in [2.05, 4.69) is 10.1 Å². The summed E-state index contributed by atoms with van der Waals surface area (Å²) in [5, 5.41) is 3.33. The fourth-order valence-corrected chi connectivity index (χ4v) is 2.34. The molecule has 0 amide bonds. The van der Waals surface area contributed by atoms with Crippen molar-refractivity contribution >= 4 is 11.9 Å². The number of carbonyl (C=O) groups excluding carboxylic acids is 2. The number of carbonyl (C=O) groups is 2. The Morgan fingerprint density at radius 1 is 1.11 bits per heavy atom. The van der Waals surface area contributed by atoms with E-state index in [-0.39, 0.29) is 6.42 Å². The summed E-state index contributed by atoms with van der Waals surface area (Å²) in [6, 6.07) is 0.381. The van der Waals surface area contributed by atoms with Gasteiger partial charge in [-0.2, -0.15) is 0 Å². The Morgan fingerprint density at radius 2 is 1.74 bits per heavy atom. The number of esters is 2. The van der Waals surface area contributed by atoms with Crippen molar-refractivity contribution in [2.24, 2.45) is 0 Å². The van der Waals surface area contributed by atoms with E-state index in [4.69, 9.17) is 4.74 Å². The topological polar surface area (TPSA) is 64.6 Å². The van der Waals surface area contributed by atoms with E-state index in [1.165, 1.54) is 33.5 Å². The van der Waals surface area contributed by atoms with Gasteiger partial charge in [0.2, 0.25) is 0 Å². The van der Waals surface area contributed by atoms with Crippen molar-refractivity contribution in [2.45, 2.75) is 51.5 Å². The van der Waals surface area contributed by atoms with Gasteiger partial charge in [-0.3, -0.25) is 4.79 Å². The lowest BCUT2D eigenvalue weighted by Gasteiger charge is -2.25. The predicted octanol–water partition coefficient (Wildman–Crippen LogP) is 1.92. The fraction of sp³-hybridized carbons (Fsp3) is 0.714. The second kappa shape index (κ2) is 7.81. The van der Waals surface area contributed by atoms with Crippen LogP contribution in [-0.2, 0) is 19.1 Å². The van der Waals surface area contributed by atoms with Crippen molar-refractivity contribution in [3.05, 3.63) is 11.3 Å². The van der Waals surface area contributed by atoms with Crippen molar-refractivity contribution in [1.29, 1.82) is 0 Å². The van der Waals surface area contributed by atoms with Crippen molar-refractivity contribution < 1.29 is 19.1 Å². The Kier molecular flexibility index (Phi) is 6.39. The van der Waals surface area contributed by atoms with Gasteiger partial charge in [0.05, 0.1) is 26.2 Å². The maximum Gasteiger partial charge on any atom is 0.336 e. The second-order valence-corrected chi connectivity index (χ2v) is 4.83. The van der Waals surface area contributed by atoms with E-state index >= 15 is 0 Å². The average Bonchev–Trinajstić information content (AvgIpc) is 2.44. The Morgan fingerprint density at radius 3 is 2.26 bits per heavy atom. The van der Waals surface area contributed by atoms with Gasteiger partial charge in [-0.05, 0) is 19.8 Å². The molecule has 0 atom stereocenters. The van der Waals surface area contributed by atoms with Gasteiger partial charge in [0.25, 0.3) is 0 Å². The highest BCUT2D eigenvalue weighted by molar-refractivity contribution is 5.94. The van der Waals surface area contributed by atoms with Crippen molar-refractivity contribution in [3.63, 3.8) is 0 Å². The Labute approximate surface area is 114 Å². The summed E-state index contributed by atoms with van der Waals surface area (Å²) in [5.74, 6) is -0.920. The van der Waals surface area contributed by atoms with Crippen molar-refractivity contribution in [3.8, 4) is 0 Å². The lowest BCUT2D eigenvalue weighted by molar-refractivity contribution is -0.143. The molecule has 0 aliphatic heterocycles. The number of hydrogen-bond acceptors (Lipinski definition) is 5. The molecule has 1 fully saturated rings. The zero-order valence-corrected chi connectivity index (χ0v) is 12.0. The molecule has 1 aliphatic carbocycles. The Hall–Kier alpha value is -1.52. The van der Waals surface area contributed by atoms with Crippen molar-refractivity contribution in [2.75, 3.05) is 14.2 Å². The molecule has 0 aromatic heterocycles. The first-order valence-corrected chi connectivity index (χ1v) is 6.70. The summed E-state index contributed by atoms with van der Waals surface area (Å²) >= 11 is 0. The van der Waals surface area contributed by atoms with Gasteiger partial charge >= 0.3 is 11.9 Å². The van der Waals surface area contributed by atoms with E-state index in [9.17, 15) is 9.59 Å². The van der Waals surface area contributed by atoms with Crippen LogP contribution in [0.4, 0.5) is 0 Å². The van der Waals surface area contributed by atoms with Crippen LogP contribution in [0.5, 0.6) is 0 Å². The SMILES string of the molecule is COC(=O)C/C(C(=O)OC)=C(/C)NC1CCCCC1. The predicted molar refractivity (Wildman–Crippen MR) is 71.4 cm³/mol. The van der Waals surface area contributed by atoms with E-state index in [0.29, 0.717) is 17.3 Å². The number of ether oxygens (including phenoxy) is 2. The summed E-state index contributed by atoms with van der Waals surface area (Å²) < 4.78 is 9.33. The largest absolute Gasteiger partial charge is 0.469 e. The Balaban J connectivity index is 2.75. The van der Waals surface area contributed by atoms with Gasteiger partial charge in [0.1, 0.15) is 0 Å². The average molecular weight is 269 g/mol. The number of allylic oxidation sites excluding steroid dienone is 1. The highest BCUT2D eigenvalue weighted by Gasteiger charge is 2.20. The third-order valence-electron chi connectivity index (χ3n) is 3.46. The van der Waals surface area contributed by atoms with Crippen molar-refractivity contribution in [1.82, 2.24) is 5.32 Å². The molecule has 108 valence electrons. The summed E-state index contributed by atoms with van der Waals surface area (Å²) in [6.45, 7) is 1.81. The molecule has 0 unspecified atom stereocenters. The monoisotopic (exact) mass is 269 g/mol. The third-order valence-corrected chi connectivity index (χ3v) is 3.46. The molecule has 5 nitrogen and oxygen atoms in total. The molecule has 5 heteroatoms. The first-order chi connectivity index (χ1) is 9.08. The van der Waals surface area contributed by atoms with Gasteiger partial charge < -0.3 is 14.8 Å². The normalized spacial score (nSPS) is 17.4. The minimum Gasteiger partial charge on any atom is -0.469 e. The lowest BCUT2D eigenvalue weighted by Crippen LogP contribution is -2.31. The molecule has 0 aromatic rings. The van der Waals surface area contributed by atoms with Crippen LogP contribution in [0.15, 0.2) is 11.3 Å². The van der Waals surface area contributed by atoms with Crippen LogP contribution in [-0.4, -0.2) is 32.2 Å². The van der Waals surface area contributed by atoms with E-state index in [1.807, 2.05) is 6.92 Å². The van der Waals surface area contributed by atoms with E-state index < -0.39 is 11.9 Å². The lowest BCUT2D eigenvalue weighted by atomic mass is 9.95. The summed E-state index contributed by atoms with van der Waals surface area (Å²) in [5.41, 5.74) is 1.06. The molecular formula is C14H23NO4. The zero-order chi connectivity index (χ0) is 14.3. The smallest absolute Gasteiger partial charge is 0.336 e. The molecule has 0 aromatic carbocycles. The van der Waals surface area contributed by atoms with Crippen LogP contribution >= 0.6 is 0 Å². The minimum absolute atomic E-state index is 0.0608. The van der Waals surface area contributed by atoms with Crippen LogP contribution in [0.3, 0.4) is 0 Å².